The van der Waals surface area contributed by atoms with Crippen LogP contribution in [0.1, 0.15) is 12.5 Å². The second kappa shape index (κ2) is 4.51. The third kappa shape index (κ3) is 1.77. The fourth-order valence-corrected chi connectivity index (χ4v) is 1.60. The molecule has 0 aliphatic carbocycles. The van der Waals surface area contributed by atoms with Gasteiger partial charge in [-0.25, -0.2) is 4.39 Å². The molecular formula is C10H12ClFO2. The summed E-state index contributed by atoms with van der Waals surface area (Å²) in [4.78, 5) is 0. The molecule has 0 bridgehead atoms. The Labute approximate surface area is 87.6 Å². The van der Waals surface area contributed by atoms with Crippen molar-refractivity contribution in [2.75, 3.05) is 14.2 Å². The van der Waals surface area contributed by atoms with E-state index in [2.05, 4.69) is 0 Å². The van der Waals surface area contributed by atoms with Crippen LogP contribution in [0.25, 0.3) is 0 Å². The first-order chi connectivity index (χ1) is 6.65. The average Bonchev–Trinajstić information content (AvgIpc) is 2.19. The van der Waals surface area contributed by atoms with Crippen LogP contribution in [0, 0.1) is 5.82 Å². The first kappa shape index (κ1) is 11.1. The molecule has 0 atom stereocenters. The first-order valence-corrected chi connectivity index (χ1v) is 4.62. The lowest BCUT2D eigenvalue weighted by molar-refractivity contribution is 0.371. The van der Waals surface area contributed by atoms with Crippen LogP contribution in [-0.2, 0) is 6.42 Å². The van der Waals surface area contributed by atoms with Gasteiger partial charge in [-0.15, -0.1) is 0 Å². The first-order valence-electron chi connectivity index (χ1n) is 4.24. The molecule has 0 amide bonds. The molecule has 4 heteroatoms. The van der Waals surface area contributed by atoms with Gasteiger partial charge in [-0.05, 0) is 6.42 Å². The molecular weight excluding hydrogens is 207 g/mol. The summed E-state index contributed by atoms with van der Waals surface area (Å²) in [5.74, 6) is 0.172. The van der Waals surface area contributed by atoms with Gasteiger partial charge < -0.3 is 9.47 Å². The van der Waals surface area contributed by atoms with E-state index in [1.807, 2.05) is 6.92 Å². The van der Waals surface area contributed by atoms with Crippen LogP contribution in [0.15, 0.2) is 6.07 Å². The van der Waals surface area contributed by atoms with Crippen molar-refractivity contribution in [3.63, 3.8) is 0 Å². The highest BCUT2D eigenvalue weighted by Gasteiger charge is 2.16. The van der Waals surface area contributed by atoms with Crippen molar-refractivity contribution in [2.45, 2.75) is 13.3 Å². The van der Waals surface area contributed by atoms with E-state index in [1.54, 1.807) is 0 Å². The quantitative estimate of drug-likeness (QED) is 0.777. The molecule has 2 nitrogen and oxygen atoms in total. The third-order valence-electron chi connectivity index (χ3n) is 2.02. The number of hydrogen-bond donors (Lipinski definition) is 0. The minimum atomic E-state index is -0.416. The molecule has 1 aromatic rings. The maximum Gasteiger partial charge on any atom is 0.169 e. The van der Waals surface area contributed by atoms with E-state index in [9.17, 15) is 4.39 Å². The average molecular weight is 219 g/mol. The van der Waals surface area contributed by atoms with Gasteiger partial charge in [0, 0.05) is 11.6 Å². The fraction of sp³-hybridized carbons (Fsp3) is 0.400. The molecule has 0 unspecified atom stereocenters. The van der Waals surface area contributed by atoms with Gasteiger partial charge in [-0.1, -0.05) is 18.5 Å². The van der Waals surface area contributed by atoms with Gasteiger partial charge in [-0.3, -0.25) is 0 Å². The maximum absolute atomic E-state index is 13.6. The lowest BCUT2D eigenvalue weighted by Crippen LogP contribution is -1.98. The smallest absolute Gasteiger partial charge is 0.169 e. The predicted octanol–water partition coefficient (Wildman–Crippen LogP) is 3.06. The summed E-state index contributed by atoms with van der Waals surface area (Å²) in [6.45, 7) is 1.82. The van der Waals surface area contributed by atoms with Crippen molar-refractivity contribution >= 4 is 11.6 Å². The van der Waals surface area contributed by atoms with Gasteiger partial charge in [0.25, 0.3) is 0 Å². The Morgan fingerprint density at radius 2 is 1.86 bits per heavy atom. The van der Waals surface area contributed by atoms with Crippen LogP contribution in [0.5, 0.6) is 11.5 Å². The molecule has 0 spiro atoms. The standard InChI is InChI=1S/C10H12ClFO2/c1-4-6-9(11)7(13-2)5-8(14-3)10(6)12/h5H,4H2,1-3H3. The van der Waals surface area contributed by atoms with Crippen molar-refractivity contribution in [2.24, 2.45) is 0 Å². The van der Waals surface area contributed by atoms with Gasteiger partial charge in [-0.2, -0.15) is 0 Å². The Bertz CT molecular complexity index is 311. The normalized spacial score (nSPS) is 10.1. The Balaban J connectivity index is 3.39. The van der Waals surface area contributed by atoms with E-state index in [1.165, 1.54) is 20.3 Å². The number of halogens is 2. The van der Waals surface area contributed by atoms with Crippen molar-refractivity contribution in [3.8, 4) is 11.5 Å². The highest BCUT2D eigenvalue weighted by Crippen LogP contribution is 2.36. The topological polar surface area (TPSA) is 18.5 Å². The van der Waals surface area contributed by atoms with Crippen molar-refractivity contribution in [1.82, 2.24) is 0 Å². The molecule has 14 heavy (non-hydrogen) atoms. The number of hydrogen-bond acceptors (Lipinski definition) is 2. The Morgan fingerprint density at radius 3 is 2.29 bits per heavy atom. The number of rotatable bonds is 3. The van der Waals surface area contributed by atoms with Crippen LogP contribution < -0.4 is 9.47 Å². The molecule has 0 aliphatic rings. The van der Waals surface area contributed by atoms with Crippen LogP contribution in [0.3, 0.4) is 0 Å². The summed E-state index contributed by atoms with van der Waals surface area (Å²) in [7, 11) is 2.89. The highest BCUT2D eigenvalue weighted by atomic mass is 35.5. The zero-order valence-corrected chi connectivity index (χ0v) is 9.11. The van der Waals surface area contributed by atoms with E-state index in [-0.39, 0.29) is 5.75 Å². The monoisotopic (exact) mass is 218 g/mol. The van der Waals surface area contributed by atoms with Crippen LogP contribution in [0.4, 0.5) is 4.39 Å². The molecule has 78 valence electrons. The minimum absolute atomic E-state index is 0.156. The molecule has 0 N–H and O–H groups in total. The Hall–Kier alpha value is -0.960. The van der Waals surface area contributed by atoms with Crippen LogP contribution >= 0.6 is 11.6 Å². The molecule has 0 aliphatic heterocycles. The molecule has 0 heterocycles. The molecule has 0 aromatic heterocycles. The van der Waals surface area contributed by atoms with Gasteiger partial charge in [0.1, 0.15) is 5.75 Å². The molecule has 0 saturated heterocycles. The van der Waals surface area contributed by atoms with Gasteiger partial charge >= 0.3 is 0 Å². The van der Waals surface area contributed by atoms with Gasteiger partial charge in [0.05, 0.1) is 19.2 Å². The maximum atomic E-state index is 13.6. The second-order valence-corrected chi connectivity index (χ2v) is 3.12. The minimum Gasteiger partial charge on any atom is -0.495 e. The largest absolute Gasteiger partial charge is 0.495 e. The lowest BCUT2D eigenvalue weighted by atomic mass is 10.1. The van der Waals surface area contributed by atoms with Gasteiger partial charge in [0.2, 0.25) is 0 Å². The summed E-state index contributed by atoms with van der Waals surface area (Å²) in [5, 5.41) is 0.313. The zero-order chi connectivity index (χ0) is 10.7. The number of methoxy groups -OCH3 is 2. The third-order valence-corrected chi connectivity index (χ3v) is 2.43. The number of ether oxygens (including phenoxy) is 2. The lowest BCUT2D eigenvalue weighted by Gasteiger charge is -2.11. The Morgan fingerprint density at radius 1 is 1.29 bits per heavy atom. The molecule has 0 fully saturated rings. The fourth-order valence-electron chi connectivity index (χ4n) is 1.25. The van der Waals surface area contributed by atoms with Crippen molar-refractivity contribution < 1.29 is 13.9 Å². The zero-order valence-electron chi connectivity index (χ0n) is 8.36. The van der Waals surface area contributed by atoms with Crippen molar-refractivity contribution in [1.29, 1.82) is 0 Å². The predicted molar refractivity (Wildman–Crippen MR) is 53.9 cm³/mol. The summed E-state index contributed by atoms with van der Waals surface area (Å²) >= 11 is 5.92. The molecule has 0 saturated carbocycles. The van der Waals surface area contributed by atoms with E-state index in [4.69, 9.17) is 21.1 Å². The van der Waals surface area contributed by atoms with Crippen LogP contribution in [-0.4, -0.2) is 14.2 Å². The van der Waals surface area contributed by atoms with E-state index in [0.29, 0.717) is 22.8 Å². The molecule has 1 aromatic carbocycles. The Kier molecular flexibility index (Phi) is 3.58. The summed E-state index contributed by atoms with van der Waals surface area (Å²) in [5.41, 5.74) is 0.419. The van der Waals surface area contributed by atoms with Crippen LogP contribution in [0.2, 0.25) is 5.02 Å². The summed E-state index contributed by atoms with van der Waals surface area (Å²) in [6, 6.07) is 1.44. The van der Waals surface area contributed by atoms with E-state index in [0.717, 1.165) is 0 Å². The van der Waals surface area contributed by atoms with Gasteiger partial charge in [0.15, 0.2) is 11.6 Å². The summed E-state index contributed by atoms with van der Waals surface area (Å²) in [6.07, 6.45) is 0.498. The van der Waals surface area contributed by atoms with E-state index >= 15 is 0 Å². The highest BCUT2D eigenvalue weighted by molar-refractivity contribution is 6.32. The summed E-state index contributed by atoms with van der Waals surface area (Å²) < 4.78 is 23.5. The molecule has 1 rings (SSSR count). The second-order valence-electron chi connectivity index (χ2n) is 2.74. The SMILES string of the molecule is CCc1c(F)c(OC)cc(OC)c1Cl. The van der Waals surface area contributed by atoms with Crippen molar-refractivity contribution in [3.05, 3.63) is 22.5 Å². The molecule has 0 radical (unpaired) electrons. The number of benzene rings is 1. The van der Waals surface area contributed by atoms with E-state index < -0.39 is 5.82 Å².